The van der Waals surface area contributed by atoms with Gasteiger partial charge in [-0.1, -0.05) is 118 Å². The summed E-state index contributed by atoms with van der Waals surface area (Å²) in [5.74, 6) is -0.872. The quantitative estimate of drug-likeness (QED) is 0.184. The molecule has 0 fully saturated rings. The van der Waals surface area contributed by atoms with Crippen LogP contribution in [0.4, 0.5) is 22.0 Å². The molecule has 1 unspecified atom stereocenters. The molecular weight excluding hydrogens is 670 g/mol. The first-order valence-corrected chi connectivity index (χ1v) is 16.2. The third-order valence-electron chi connectivity index (χ3n) is 7.81. The van der Waals surface area contributed by atoms with Gasteiger partial charge in [0.05, 0.1) is 22.9 Å². The predicted octanol–water partition coefficient (Wildman–Crippen LogP) is 8.64. The number of guanidine groups is 1. The zero-order valence-corrected chi connectivity index (χ0v) is 28.2. The van der Waals surface area contributed by atoms with Crippen LogP contribution in [0.1, 0.15) is 54.4 Å². The van der Waals surface area contributed by atoms with E-state index < -0.39 is 23.7 Å². The van der Waals surface area contributed by atoms with Crippen molar-refractivity contribution in [1.82, 2.24) is 9.88 Å². The molecule has 48 heavy (non-hydrogen) atoms. The number of amides is 2. The van der Waals surface area contributed by atoms with E-state index in [9.17, 15) is 14.4 Å². The van der Waals surface area contributed by atoms with Crippen molar-refractivity contribution >= 4 is 57.0 Å². The molecule has 1 aromatic heterocycles. The molecule has 2 N–H and O–H groups in total. The summed E-state index contributed by atoms with van der Waals surface area (Å²) in [6.07, 6.45) is -0.294. The average Bonchev–Trinajstić information content (AvgIpc) is 3.42. The number of aliphatic imine (C=N–C) groups is 1. The van der Waals surface area contributed by atoms with Gasteiger partial charge in [0, 0.05) is 16.1 Å². The molecule has 0 saturated carbocycles. The number of ether oxygens (including phenoxy) is 1. The number of benzene rings is 4. The highest BCUT2D eigenvalue weighted by atomic mass is 79.9. The van der Waals surface area contributed by atoms with Crippen molar-refractivity contribution in [2.24, 2.45) is 10.4 Å². The van der Waals surface area contributed by atoms with Crippen molar-refractivity contribution in [3.8, 4) is 0 Å². The fourth-order valence-electron chi connectivity index (χ4n) is 5.37. The van der Waals surface area contributed by atoms with E-state index in [-0.39, 0.29) is 17.8 Å². The van der Waals surface area contributed by atoms with E-state index in [1.54, 1.807) is 51.2 Å². The standard InChI is InChI=1S/C38H34BrN5O4/c1-38(2,3)35(46)42-36-40-32-31(33(41-36)48-37(47)44(27-20-12-6-13-21-27)28-22-14-7-15-23-28)29(39)24-43(32)34(45)30(25-16-8-4-9-17-25)26-18-10-5-11-19-26/h4-24,30,33H,1-3H3,(H2,40,41,42,46). The molecular formula is C38H34BrN5O4. The molecule has 0 saturated heterocycles. The normalized spacial score (nSPS) is 13.9. The first kappa shape index (κ1) is 32.5. The third kappa shape index (κ3) is 6.79. The van der Waals surface area contributed by atoms with Gasteiger partial charge in [-0.05, 0) is 51.3 Å². The Balaban J connectivity index is 1.43. The van der Waals surface area contributed by atoms with E-state index in [4.69, 9.17) is 4.74 Å². The summed E-state index contributed by atoms with van der Waals surface area (Å²) in [5, 5.41) is 5.97. The number of hydrogen-bond donors (Lipinski definition) is 2. The lowest BCUT2D eigenvalue weighted by atomic mass is 9.90. The Kier molecular flexibility index (Phi) is 9.27. The molecule has 4 aromatic carbocycles. The van der Waals surface area contributed by atoms with Crippen LogP contribution < -0.4 is 15.5 Å². The largest absolute Gasteiger partial charge is 0.421 e. The van der Waals surface area contributed by atoms with Gasteiger partial charge in [0.15, 0.2) is 0 Å². The molecule has 0 bridgehead atoms. The SMILES string of the molecule is CC(C)(C)C(=O)NC1=NC(OC(=O)N(c2ccccc2)c2ccccc2)c2c(Br)cn(C(=O)C(c3ccccc3)c3ccccc3)c2N1. The van der Waals surface area contributed by atoms with E-state index >= 15 is 0 Å². The van der Waals surface area contributed by atoms with Crippen molar-refractivity contribution in [1.29, 1.82) is 0 Å². The number of fused-ring (bicyclic) bond motifs is 1. The van der Waals surface area contributed by atoms with Gasteiger partial charge in [-0.25, -0.2) is 14.7 Å². The molecule has 0 spiro atoms. The van der Waals surface area contributed by atoms with Gasteiger partial charge in [0.25, 0.3) is 0 Å². The highest BCUT2D eigenvalue weighted by molar-refractivity contribution is 9.10. The number of aromatic nitrogens is 1. The lowest BCUT2D eigenvalue weighted by molar-refractivity contribution is -0.126. The number of nitrogens with one attached hydrogen (secondary N) is 2. The van der Waals surface area contributed by atoms with Gasteiger partial charge >= 0.3 is 6.09 Å². The smallest absolute Gasteiger partial charge is 0.418 e. The van der Waals surface area contributed by atoms with Crippen LogP contribution in [0.2, 0.25) is 0 Å². The molecule has 6 rings (SSSR count). The Morgan fingerprint density at radius 2 is 1.29 bits per heavy atom. The molecule has 0 aliphatic carbocycles. The summed E-state index contributed by atoms with van der Waals surface area (Å²) in [5.41, 5.74) is 2.47. The lowest BCUT2D eigenvalue weighted by Crippen LogP contribution is -2.44. The maximum Gasteiger partial charge on any atom is 0.421 e. The summed E-state index contributed by atoms with van der Waals surface area (Å²) in [6, 6.07) is 37.3. The Labute approximate surface area is 287 Å². The highest BCUT2D eigenvalue weighted by Gasteiger charge is 2.37. The molecule has 9 nitrogen and oxygen atoms in total. The van der Waals surface area contributed by atoms with Gasteiger partial charge in [0.2, 0.25) is 24.0 Å². The van der Waals surface area contributed by atoms with Crippen LogP contribution in [0.3, 0.4) is 0 Å². The number of halogens is 1. The zero-order chi connectivity index (χ0) is 33.8. The van der Waals surface area contributed by atoms with Crippen LogP contribution in [-0.4, -0.2) is 28.4 Å². The second-order valence-electron chi connectivity index (χ2n) is 12.3. The van der Waals surface area contributed by atoms with E-state index in [1.807, 2.05) is 97.1 Å². The minimum Gasteiger partial charge on any atom is -0.418 e. The van der Waals surface area contributed by atoms with Gasteiger partial charge in [0.1, 0.15) is 5.82 Å². The molecule has 1 aliphatic rings. The average molecular weight is 705 g/mol. The third-order valence-corrected chi connectivity index (χ3v) is 8.44. The van der Waals surface area contributed by atoms with Gasteiger partial charge in [-0.2, -0.15) is 0 Å². The van der Waals surface area contributed by atoms with Crippen molar-refractivity contribution in [2.75, 3.05) is 10.2 Å². The maximum atomic E-state index is 14.6. The van der Waals surface area contributed by atoms with Gasteiger partial charge < -0.3 is 10.1 Å². The number of carbonyl (C=O) groups is 3. The first-order valence-electron chi connectivity index (χ1n) is 15.4. The van der Waals surface area contributed by atoms with Crippen molar-refractivity contribution in [2.45, 2.75) is 32.9 Å². The number of para-hydroxylation sites is 2. The highest BCUT2D eigenvalue weighted by Crippen LogP contribution is 2.41. The Hall–Kier alpha value is -5.48. The number of hydrogen-bond acceptors (Lipinski definition) is 6. The molecule has 242 valence electrons. The van der Waals surface area contributed by atoms with E-state index in [1.165, 1.54) is 9.47 Å². The van der Waals surface area contributed by atoms with Crippen molar-refractivity contribution in [3.05, 3.63) is 149 Å². The summed E-state index contributed by atoms with van der Waals surface area (Å²) >= 11 is 3.62. The number of carbonyl (C=O) groups excluding carboxylic acids is 3. The summed E-state index contributed by atoms with van der Waals surface area (Å²) < 4.78 is 8.12. The fourth-order valence-corrected chi connectivity index (χ4v) is 5.95. The Morgan fingerprint density at radius 1 is 0.812 bits per heavy atom. The molecule has 0 radical (unpaired) electrons. The van der Waals surface area contributed by atoms with Gasteiger partial charge in [-0.3, -0.25) is 19.5 Å². The summed E-state index contributed by atoms with van der Waals surface area (Å²) in [4.78, 5) is 47.9. The van der Waals surface area contributed by atoms with E-state index in [2.05, 4.69) is 31.6 Å². The van der Waals surface area contributed by atoms with Gasteiger partial charge in [-0.15, -0.1) is 0 Å². The topological polar surface area (TPSA) is 105 Å². The van der Waals surface area contributed by atoms with Crippen LogP contribution in [0.15, 0.2) is 137 Å². The second kappa shape index (κ2) is 13.7. The van der Waals surface area contributed by atoms with Crippen LogP contribution >= 0.6 is 15.9 Å². The fraction of sp³-hybridized carbons (Fsp3) is 0.158. The van der Waals surface area contributed by atoms with Crippen molar-refractivity contribution in [3.63, 3.8) is 0 Å². The lowest BCUT2D eigenvalue weighted by Gasteiger charge is -2.29. The maximum absolute atomic E-state index is 14.6. The van der Waals surface area contributed by atoms with E-state index in [0.29, 0.717) is 27.2 Å². The molecule has 5 aromatic rings. The molecule has 1 aliphatic heterocycles. The Morgan fingerprint density at radius 3 is 1.77 bits per heavy atom. The summed E-state index contributed by atoms with van der Waals surface area (Å²) in [7, 11) is 0. The number of nitrogens with zero attached hydrogens (tertiary/aromatic N) is 3. The van der Waals surface area contributed by atoms with Crippen LogP contribution in [0.25, 0.3) is 0 Å². The number of anilines is 3. The summed E-state index contributed by atoms with van der Waals surface area (Å²) in [6.45, 7) is 5.33. The predicted molar refractivity (Wildman–Crippen MR) is 190 cm³/mol. The number of rotatable bonds is 6. The monoisotopic (exact) mass is 703 g/mol. The molecule has 10 heteroatoms. The van der Waals surface area contributed by atoms with Crippen LogP contribution in [0, 0.1) is 5.41 Å². The Bertz CT molecular complexity index is 1880. The van der Waals surface area contributed by atoms with E-state index in [0.717, 1.165) is 11.1 Å². The minimum absolute atomic E-state index is 0.0434. The minimum atomic E-state index is -1.23. The van der Waals surface area contributed by atoms with Crippen molar-refractivity contribution < 1.29 is 19.1 Å². The first-order chi connectivity index (χ1) is 23.1. The molecule has 2 heterocycles. The molecule has 2 amide bonds. The van der Waals surface area contributed by atoms with Crippen LogP contribution in [-0.2, 0) is 9.53 Å². The second-order valence-corrected chi connectivity index (χ2v) is 13.1. The molecule has 1 atom stereocenters. The zero-order valence-electron chi connectivity index (χ0n) is 26.6. The van der Waals surface area contributed by atoms with Crippen LogP contribution in [0.5, 0.6) is 0 Å².